The normalized spacial score (nSPS) is 23.1. The van der Waals surface area contributed by atoms with Crippen LogP contribution in [0.4, 0.5) is 0 Å². The summed E-state index contributed by atoms with van der Waals surface area (Å²) in [6, 6.07) is 0. The molecule has 0 radical (unpaired) electrons. The van der Waals surface area contributed by atoms with E-state index < -0.39 is 11.7 Å². The van der Waals surface area contributed by atoms with Crippen molar-refractivity contribution in [2.24, 2.45) is 5.92 Å². The minimum atomic E-state index is -1.01. The van der Waals surface area contributed by atoms with E-state index in [0.717, 1.165) is 19.3 Å². The summed E-state index contributed by atoms with van der Waals surface area (Å²) in [6.45, 7) is 9.60. The second-order valence-electron chi connectivity index (χ2n) is 5.89. The molecule has 1 rings (SSSR count). The van der Waals surface area contributed by atoms with E-state index >= 15 is 0 Å². The molecule has 0 aliphatic heterocycles. The first-order valence-electron chi connectivity index (χ1n) is 6.54. The third-order valence-electron chi connectivity index (χ3n) is 3.77. The summed E-state index contributed by atoms with van der Waals surface area (Å²) in [4.78, 5) is 0. The van der Waals surface area contributed by atoms with E-state index in [2.05, 4.69) is 19.6 Å². The lowest BCUT2D eigenvalue weighted by Crippen LogP contribution is -2.35. The lowest BCUT2D eigenvalue weighted by Gasteiger charge is -2.27. The van der Waals surface area contributed by atoms with E-state index in [0.29, 0.717) is 12.3 Å². The van der Waals surface area contributed by atoms with Crippen LogP contribution in [0.2, 0.25) is 0 Å². The number of aliphatic hydroxyl groups is 2. The first-order chi connectivity index (χ1) is 7.80. The Kier molecular flexibility index (Phi) is 4.96. The monoisotopic (exact) mass is 238 g/mol. The fraction of sp³-hybridized carbons (Fsp3) is 0.733. The Morgan fingerprint density at radius 1 is 1.59 bits per heavy atom. The third-order valence-corrected chi connectivity index (χ3v) is 3.77. The van der Waals surface area contributed by atoms with Crippen LogP contribution in [0, 0.1) is 5.92 Å². The van der Waals surface area contributed by atoms with Crippen LogP contribution in [-0.2, 0) is 0 Å². The van der Waals surface area contributed by atoms with Crippen LogP contribution in [0.25, 0.3) is 0 Å². The molecule has 1 aliphatic rings. The fourth-order valence-electron chi connectivity index (χ4n) is 2.22. The molecule has 0 aromatic heterocycles. The zero-order valence-electron chi connectivity index (χ0n) is 11.4. The average Bonchev–Trinajstić information content (AvgIpc) is 2.25. The van der Waals surface area contributed by atoms with Crippen LogP contribution in [-0.4, -0.2) is 21.9 Å². The van der Waals surface area contributed by atoms with Gasteiger partial charge in [0.05, 0.1) is 11.7 Å². The highest BCUT2D eigenvalue weighted by Crippen LogP contribution is 2.31. The predicted molar refractivity (Wildman–Crippen MR) is 71.8 cm³/mol. The first kappa shape index (κ1) is 14.5. The first-order valence-corrected chi connectivity index (χ1v) is 6.54. The van der Waals surface area contributed by atoms with E-state index in [1.165, 1.54) is 17.6 Å². The van der Waals surface area contributed by atoms with Crippen molar-refractivity contribution in [3.8, 4) is 0 Å². The quantitative estimate of drug-likeness (QED) is 0.722. The van der Waals surface area contributed by atoms with Gasteiger partial charge in [0, 0.05) is 0 Å². The number of rotatable bonds is 5. The summed E-state index contributed by atoms with van der Waals surface area (Å²) in [5.41, 5.74) is 1.69. The van der Waals surface area contributed by atoms with Gasteiger partial charge in [0.2, 0.25) is 0 Å². The minimum absolute atomic E-state index is 0.563. The van der Waals surface area contributed by atoms with Gasteiger partial charge in [0.25, 0.3) is 0 Å². The van der Waals surface area contributed by atoms with Gasteiger partial charge in [-0.2, -0.15) is 0 Å². The molecule has 1 aliphatic carbocycles. The molecule has 0 aromatic carbocycles. The number of hydrogen-bond acceptors (Lipinski definition) is 2. The van der Waals surface area contributed by atoms with Gasteiger partial charge in [0.1, 0.15) is 0 Å². The maximum absolute atomic E-state index is 9.77. The summed E-state index contributed by atoms with van der Waals surface area (Å²) < 4.78 is 0. The third kappa shape index (κ3) is 4.64. The summed E-state index contributed by atoms with van der Waals surface area (Å²) in [5, 5.41) is 19.4. The van der Waals surface area contributed by atoms with E-state index in [4.69, 9.17) is 0 Å². The van der Waals surface area contributed by atoms with Crippen LogP contribution in [0.15, 0.2) is 23.8 Å². The van der Waals surface area contributed by atoms with E-state index in [-0.39, 0.29) is 0 Å². The van der Waals surface area contributed by atoms with E-state index in [1.54, 1.807) is 13.8 Å². The Hall–Kier alpha value is -0.600. The van der Waals surface area contributed by atoms with Crippen molar-refractivity contribution in [3.63, 3.8) is 0 Å². The van der Waals surface area contributed by atoms with Crippen molar-refractivity contribution in [3.05, 3.63) is 23.8 Å². The fourth-order valence-corrected chi connectivity index (χ4v) is 2.22. The molecular formula is C15H26O2. The van der Waals surface area contributed by atoms with Gasteiger partial charge in [-0.1, -0.05) is 23.8 Å². The Balaban J connectivity index is 2.36. The molecule has 0 spiro atoms. The van der Waals surface area contributed by atoms with Crippen molar-refractivity contribution in [2.45, 2.75) is 64.6 Å². The number of allylic oxidation sites excluding steroid dienone is 3. The van der Waals surface area contributed by atoms with Gasteiger partial charge in [0.15, 0.2) is 0 Å². The molecule has 2 nitrogen and oxygen atoms in total. The molecule has 2 heteroatoms. The summed E-state index contributed by atoms with van der Waals surface area (Å²) in [6.07, 6.45) is 6.47. The average molecular weight is 238 g/mol. The molecule has 2 N–H and O–H groups in total. The molecule has 0 bridgehead atoms. The SMILES string of the molecule is C=C(CC[C@@H](O)C(C)(C)O)[C@@H]1CC=C(C)CC1. The molecule has 0 heterocycles. The highest BCUT2D eigenvalue weighted by molar-refractivity contribution is 5.11. The largest absolute Gasteiger partial charge is 0.390 e. The van der Waals surface area contributed by atoms with E-state index in [1.807, 2.05) is 0 Å². The zero-order valence-corrected chi connectivity index (χ0v) is 11.4. The molecule has 2 atom stereocenters. The maximum Gasteiger partial charge on any atom is 0.0849 e. The van der Waals surface area contributed by atoms with Crippen LogP contribution >= 0.6 is 0 Å². The topological polar surface area (TPSA) is 40.5 Å². The van der Waals surface area contributed by atoms with Crippen LogP contribution in [0.3, 0.4) is 0 Å². The predicted octanol–water partition coefficient (Wildman–Crippen LogP) is 3.20. The summed E-state index contributed by atoms with van der Waals surface area (Å²) in [5.74, 6) is 0.563. The van der Waals surface area contributed by atoms with Gasteiger partial charge < -0.3 is 10.2 Å². The Labute approximate surface area is 105 Å². The molecule has 17 heavy (non-hydrogen) atoms. The van der Waals surface area contributed by atoms with Crippen molar-refractivity contribution >= 4 is 0 Å². The smallest absolute Gasteiger partial charge is 0.0849 e. The number of hydrogen-bond donors (Lipinski definition) is 2. The Bertz CT molecular complexity index is 297. The van der Waals surface area contributed by atoms with Crippen molar-refractivity contribution < 1.29 is 10.2 Å². The van der Waals surface area contributed by atoms with Gasteiger partial charge in [-0.25, -0.2) is 0 Å². The highest BCUT2D eigenvalue weighted by Gasteiger charge is 2.25. The Morgan fingerprint density at radius 3 is 2.71 bits per heavy atom. The summed E-state index contributed by atoms with van der Waals surface area (Å²) >= 11 is 0. The molecule has 0 saturated heterocycles. The van der Waals surface area contributed by atoms with Gasteiger partial charge >= 0.3 is 0 Å². The molecule has 0 fully saturated rings. The second-order valence-corrected chi connectivity index (χ2v) is 5.89. The van der Waals surface area contributed by atoms with Gasteiger partial charge in [-0.3, -0.25) is 0 Å². The van der Waals surface area contributed by atoms with Crippen LogP contribution in [0.5, 0.6) is 0 Å². The molecule has 98 valence electrons. The van der Waals surface area contributed by atoms with Gasteiger partial charge in [-0.05, 0) is 58.8 Å². The van der Waals surface area contributed by atoms with Crippen LogP contribution < -0.4 is 0 Å². The molecule has 0 aromatic rings. The minimum Gasteiger partial charge on any atom is -0.390 e. The lowest BCUT2D eigenvalue weighted by atomic mass is 9.82. The molecule has 0 amide bonds. The van der Waals surface area contributed by atoms with Crippen LogP contribution in [0.1, 0.15) is 52.9 Å². The van der Waals surface area contributed by atoms with Crippen molar-refractivity contribution in [2.75, 3.05) is 0 Å². The number of aliphatic hydroxyl groups excluding tert-OH is 1. The second kappa shape index (κ2) is 5.83. The standard InChI is InChI=1S/C15H26O2/c1-11-5-8-13(9-6-11)12(2)7-10-14(16)15(3,4)17/h5,13-14,16-17H,2,6-10H2,1,3-4H3/t13-,14-/m1/s1. The molecular weight excluding hydrogens is 212 g/mol. The Morgan fingerprint density at radius 2 is 2.24 bits per heavy atom. The highest BCUT2D eigenvalue weighted by atomic mass is 16.3. The molecule has 0 unspecified atom stereocenters. The van der Waals surface area contributed by atoms with Crippen molar-refractivity contribution in [1.82, 2.24) is 0 Å². The molecule has 0 saturated carbocycles. The lowest BCUT2D eigenvalue weighted by molar-refractivity contribution is -0.0511. The van der Waals surface area contributed by atoms with Gasteiger partial charge in [-0.15, -0.1) is 0 Å². The zero-order chi connectivity index (χ0) is 13.1. The summed E-state index contributed by atoms with van der Waals surface area (Å²) in [7, 11) is 0. The van der Waals surface area contributed by atoms with E-state index in [9.17, 15) is 10.2 Å². The maximum atomic E-state index is 9.77. The van der Waals surface area contributed by atoms with Crippen molar-refractivity contribution in [1.29, 1.82) is 0 Å².